The molecule has 0 radical (unpaired) electrons. The van der Waals surface area contributed by atoms with Gasteiger partial charge in [-0.05, 0) is 11.4 Å². The van der Waals surface area contributed by atoms with Crippen molar-refractivity contribution in [2.24, 2.45) is 5.16 Å². The maximum Gasteiger partial charge on any atom is 1.00 e. The molecule has 0 bridgehead atoms. The van der Waals surface area contributed by atoms with Crippen molar-refractivity contribution >= 4 is 5.84 Å². The van der Waals surface area contributed by atoms with Crippen LogP contribution in [0.5, 0.6) is 0 Å². The average Bonchev–Trinajstić information content (AvgIpc) is 2.09. The van der Waals surface area contributed by atoms with Crippen LogP contribution in [-0.2, 0) is 0 Å². The van der Waals surface area contributed by atoms with Crippen LogP contribution in [0.2, 0.25) is 0 Å². The number of rotatable bonds is 1. The van der Waals surface area contributed by atoms with Crippen molar-refractivity contribution in [3.8, 4) is 0 Å². The summed E-state index contributed by atoms with van der Waals surface area (Å²) in [5.74, 6) is 0.352. The van der Waals surface area contributed by atoms with E-state index in [0.29, 0.717) is 5.84 Å². The van der Waals surface area contributed by atoms with Gasteiger partial charge in [0.2, 0.25) is 0 Å². The molecule has 1 aromatic rings. The molecule has 0 spiro atoms. The standard InChI is InChI=1S/C8H9N2O.Rb/c1-9-8(10-11)7-5-3-2-4-6-7;/h2-6H,1H3,(H-,9,10,11);/q-1;+1. The van der Waals surface area contributed by atoms with Gasteiger partial charge in [-0.25, -0.2) is 0 Å². The Morgan fingerprint density at radius 2 is 1.92 bits per heavy atom. The Balaban J connectivity index is 0.00000121. The van der Waals surface area contributed by atoms with E-state index in [1.54, 1.807) is 7.05 Å². The molecule has 0 unspecified atom stereocenters. The molecule has 0 heterocycles. The van der Waals surface area contributed by atoms with Crippen molar-refractivity contribution in [2.75, 3.05) is 7.05 Å². The van der Waals surface area contributed by atoms with Crippen LogP contribution in [-0.4, -0.2) is 18.1 Å². The first-order chi connectivity index (χ1) is 5.38. The van der Waals surface area contributed by atoms with Gasteiger partial charge in [0.1, 0.15) is 0 Å². The number of benzene rings is 1. The zero-order chi connectivity index (χ0) is 8.10. The summed E-state index contributed by atoms with van der Waals surface area (Å²) in [6.45, 7) is 0. The average molecular weight is 235 g/mol. The molecule has 1 rings (SSSR count). The van der Waals surface area contributed by atoms with Crippen LogP contribution in [0.3, 0.4) is 0 Å². The SMILES string of the molecule is C[N-]/C(=N/O)c1ccccc1.[Rb+]. The molecule has 12 heavy (non-hydrogen) atoms. The third-order valence-electron chi connectivity index (χ3n) is 1.34. The predicted octanol–water partition coefficient (Wildman–Crippen LogP) is -1.17. The normalized spacial score (nSPS) is 10.2. The van der Waals surface area contributed by atoms with Gasteiger partial charge in [-0.1, -0.05) is 37.4 Å². The molecule has 0 saturated heterocycles. The Hall–Kier alpha value is 0.295. The molecular formula is C8H9N2ORb. The first kappa shape index (κ1) is 12.3. The van der Waals surface area contributed by atoms with Crippen LogP contribution in [0, 0.1) is 0 Å². The number of oxime groups is 1. The maximum atomic E-state index is 8.47. The second-order valence-electron chi connectivity index (χ2n) is 2.01. The molecule has 0 saturated carbocycles. The van der Waals surface area contributed by atoms with E-state index in [-0.39, 0.29) is 58.2 Å². The second kappa shape index (κ2) is 6.77. The van der Waals surface area contributed by atoms with E-state index in [1.807, 2.05) is 30.3 Å². The Morgan fingerprint density at radius 1 is 1.33 bits per heavy atom. The minimum Gasteiger partial charge on any atom is -0.509 e. The molecule has 58 valence electrons. The Bertz CT molecular complexity index is 248. The summed E-state index contributed by atoms with van der Waals surface area (Å²) in [5.41, 5.74) is 0.817. The largest absolute Gasteiger partial charge is 1.00 e. The Kier molecular flexibility index (Phi) is 6.94. The van der Waals surface area contributed by atoms with Crippen LogP contribution in [0.1, 0.15) is 5.56 Å². The van der Waals surface area contributed by atoms with Gasteiger partial charge in [0.15, 0.2) is 0 Å². The van der Waals surface area contributed by atoms with Gasteiger partial charge < -0.3 is 10.5 Å². The Labute approximate surface area is 121 Å². The van der Waals surface area contributed by atoms with Crippen molar-refractivity contribution in [1.29, 1.82) is 0 Å². The first-order valence-electron chi connectivity index (χ1n) is 3.26. The predicted molar refractivity (Wildman–Crippen MR) is 44.0 cm³/mol. The molecule has 1 aromatic carbocycles. The molecule has 0 aliphatic heterocycles. The molecular weight excluding hydrogens is 226 g/mol. The number of hydrogen-bond acceptors (Lipinski definition) is 2. The van der Waals surface area contributed by atoms with Crippen molar-refractivity contribution in [2.45, 2.75) is 0 Å². The van der Waals surface area contributed by atoms with Gasteiger partial charge in [-0.3, -0.25) is 5.16 Å². The number of nitrogens with zero attached hydrogens (tertiary/aromatic N) is 2. The van der Waals surface area contributed by atoms with Crippen LogP contribution in [0.4, 0.5) is 0 Å². The molecule has 4 heteroatoms. The summed E-state index contributed by atoms with van der Waals surface area (Å²) < 4.78 is 0. The smallest absolute Gasteiger partial charge is 0.509 e. The van der Waals surface area contributed by atoms with Crippen molar-refractivity contribution < 1.29 is 63.4 Å². The summed E-state index contributed by atoms with van der Waals surface area (Å²) in [5, 5.41) is 15.3. The van der Waals surface area contributed by atoms with E-state index in [9.17, 15) is 0 Å². The van der Waals surface area contributed by atoms with E-state index < -0.39 is 0 Å². The van der Waals surface area contributed by atoms with Crippen LogP contribution in [0.25, 0.3) is 5.32 Å². The Morgan fingerprint density at radius 3 is 2.33 bits per heavy atom. The zero-order valence-electron chi connectivity index (χ0n) is 7.23. The summed E-state index contributed by atoms with van der Waals surface area (Å²) in [7, 11) is 1.59. The van der Waals surface area contributed by atoms with Gasteiger partial charge in [0.25, 0.3) is 0 Å². The topological polar surface area (TPSA) is 46.7 Å². The van der Waals surface area contributed by atoms with Gasteiger partial charge in [-0.2, -0.15) is 0 Å². The summed E-state index contributed by atoms with van der Waals surface area (Å²) in [6, 6.07) is 9.30. The van der Waals surface area contributed by atoms with E-state index in [2.05, 4.69) is 10.5 Å². The first-order valence-corrected chi connectivity index (χ1v) is 3.26. The fourth-order valence-electron chi connectivity index (χ4n) is 0.819. The molecule has 0 aliphatic rings. The van der Waals surface area contributed by atoms with Gasteiger partial charge >= 0.3 is 58.2 Å². The number of hydrogen-bond donors (Lipinski definition) is 1. The zero-order valence-corrected chi connectivity index (χ0v) is 12.1. The van der Waals surface area contributed by atoms with Gasteiger partial charge in [0.05, 0.1) is 0 Å². The molecule has 0 aliphatic carbocycles. The van der Waals surface area contributed by atoms with Crippen LogP contribution >= 0.6 is 0 Å². The molecule has 0 aromatic heterocycles. The van der Waals surface area contributed by atoms with Crippen molar-refractivity contribution in [3.05, 3.63) is 41.2 Å². The molecule has 0 atom stereocenters. The molecule has 0 fully saturated rings. The van der Waals surface area contributed by atoms with E-state index in [0.717, 1.165) is 5.56 Å². The van der Waals surface area contributed by atoms with E-state index in [4.69, 9.17) is 5.21 Å². The van der Waals surface area contributed by atoms with Crippen molar-refractivity contribution in [3.63, 3.8) is 0 Å². The van der Waals surface area contributed by atoms with Crippen molar-refractivity contribution in [1.82, 2.24) is 0 Å². The third-order valence-corrected chi connectivity index (χ3v) is 1.34. The minimum absolute atomic E-state index is 0. The third kappa shape index (κ3) is 3.35. The van der Waals surface area contributed by atoms with Gasteiger partial charge in [-0.15, -0.1) is 0 Å². The van der Waals surface area contributed by atoms with E-state index in [1.165, 1.54) is 0 Å². The van der Waals surface area contributed by atoms with E-state index >= 15 is 0 Å². The monoisotopic (exact) mass is 234 g/mol. The number of amidine groups is 1. The summed E-state index contributed by atoms with van der Waals surface area (Å²) in [6.07, 6.45) is 0. The molecule has 0 amide bonds. The van der Waals surface area contributed by atoms with Crippen LogP contribution in [0.15, 0.2) is 35.5 Å². The summed E-state index contributed by atoms with van der Waals surface area (Å²) in [4.78, 5) is 0. The minimum atomic E-state index is 0. The fourth-order valence-corrected chi connectivity index (χ4v) is 0.819. The van der Waals surface area contributed by atoms with Gasteiger partial charge in [0, 0.05) is 0 Å². The molecule has 1 N–H and O–H groups in total. The second-order valence-corrected chi connectivity index (χ2v) is 2.01. The summed E-state index contributed by atoms with van der Waals surface area (Å²) >= 11 is 0. The molecule has 3 nitrogen and oxygen atoms in total. The maximum absolute atomic E-state index is 8.47. The quantitative estimate of drug-likeness (QED) is 0.283. The fraction of sp³-hybridized carbons (Fsp3) is 0.125. The van der Waals surface area contributed by atoms with Crippen LogP contribution < -0.4 is 58.2 Å².